The Bertz CT molecular complexity index is 999. The second kappa shape index (κ2) is 9.76. The Morgan fingerprint density at radius 1 is 1.03 bits per heavy atom. The predicted molar refractivity (Wildman–Crippen MR) is 107 cm³/mol. The van der Waals surface area contributed by atoms with Crippen molar-refractivity contribution in [3.05, 3.63) is 78.1 Å². The highest BCUT2D eigenvalue weighted by Gasteiger charge is 2.09. The predicted octanol–water partition coefficient (Wildman–Crippen LogP) is 3.56. The maximum absolute atomic E-state index is 12.2. The number of aromatic nitrogens is 1. The number of nitriles is 1. The van der Waals surface area contributed by atoms with Crippen molar-refractivity contribution in [3.8, 4) is 23.3 Å². The minimum absolute atomic E-state index is 0.162. The van der Waals surface area contributed by atoms with Crippen molar-refractivity contribution in [1.82, 2.24) is 4.98 Å². The first-order valence-corrected chi connectivity index (χ1v) is 8.80. The van der Waals surface area contributed by atoms with Gasteiger partial charge >= 0.3 is 0 Å². The standard InChI is InChI=1S/C22H19N3O4/c1-27-20-7-4-18(12-21(20)29-14-17-8-10-24-11-9-17)25-22(26)15-28-19-5-2-16(13-23)3-6-19/h2-12H,14-15H2,1H3,(H,25,26). The van der Waals surface area contributed by atoms with Gasteiger partial charge in [0.25, 0.3) is 5.91 Å². The fraction of sp³-hybridized carbons (Fsp3) is 0.136. The van der Waals surface area contributed by atoms with Gasteiger partial charge < -0.3 is 19.5 Å². The Kier molecular flexibility index (Phi) is 6.63. The zero-order valence-electron chi connectivity index (χ0n) is 15.8. The summed E-state index contributed by atoms with van der Waals surface area (Å²) in [5.41, 5.74) is 2.05. The molecule has 0 unspecified atom stereocenters. The highest BCUT2D eigenvalue weighted by Crippen LogP contribution is 2.31. The number of benzene rings is 2. The molecule has 0 spiro atoms. The molecular weight excluding hydrogens is 370 g/mol. The Balaban J connectivity index is 1.59. The molecule has 1 heterocycles. The molecule has 146 valence electrons. The number of methoxy groups -OCH3 is 1. The van der Waals surface area contributed by atoms with E-state index in [4.69, 9.17) is 19.5 Å². The molecule has 3 aromatic rings. The lowest BCUT2D eigenvalue weighted by molar-refractivity contribution is -0.118. The summed E-state index contributed by atoms with van der Waals surface area (Å²) in [6.07, 6.45) is 3.39. The van der Waals surface area contributed by atoms with Gasteiger partial charge in [-0.1, -0.05) is 0 Å². The summed E-state index contributed by atoms with van der Waals surface area (Å²) in [7, 11) is 1.55. The minimum atomic E-state index is -0.320. The molecule has 0 fully saturated rings. The van der Waals surface area contributed by atoms with Crippen LogP contribution in [-0.2, 0) is 11.4 Å². The zero-order chi connectivity index (χ0) is 20.5. The third-order valence-electron chi connectivity index (χ3n) is 3.94. The smallest absolute Gasteiger partial charge is 0.262 e. The third kappa shape index (κ3) is 5.71. The number of hydrogen-bond acceptors (Lipinski definition) is 6. The first-order chi connectivity index (χ1) is 14.2. The van der Waals surface area contributed by atoms with Crippen molar-refractivity contribution in [2.24, 2.45) is 0 Å². The second-order valence-corrected chi connectivity index (χ2v) is 5.98. The van der Waals surface area contributed by atoms with Crippen LogP contribution in [0.3, 0.4) is 0 Å². The number of nitrogens with one attached hydrogen (secondary N) is 1. The van der Waals surface area contributed by atoms with Crippen LogP contribution in [0.15, 0.2) is 67.0 Å². The van der Waals surface area contributed by atoms with Gasteiger partial charge in [-0.25, -0.2) is 0 Å². The van der Waals surface area contributed by atoms with E-state index in [2.05, 4.69) is 10.3 Å². The lowest BCUT2D eigenvalue weighted by Crippen LogP contribution is -2.20. The average Bonchev–Trinajstić information content (AvgIpc) is 2.77. The quantitative estimate of drug-likeness (QED) is 0.633. The van der Waals surface area contributed by atoms with Crippen LogP contribution in [-0.4, -0.2) is 24.6 Å². The van der Waals surface area contributed by atoms with Crippen molar-refractivity contribution in [2.75, 3.05) is 19.0 Å². The molecule has 0 radical (unpaired) electrons. The summed E-state index contributed by atoms with van der Waals surface area (Å²) in [5.74, 6) is 1.26. The number of carbonyl (C=O) groups excluding carboxylic acids is 1. The monoisotopic (exact) mass is 389 g/mol. The van der Waals surface area contributed by atoms with E-state index in [1.807, 2.05) is 18.2 Å². The molecule has 7 heteroatoms. The topological polar surface area (TPSA) is 93.5 Å². The van der Waals surface area contributed by atoms with Crippen LogP contribution < -0.4 is 19.5 Å². The van der Waals surface area contributed by atoms with Gasteiger partial charge in [-0.2, -0.15) is 5.26 Å². The van der Waals surface area contributed by atoms with E-state index < -0.39 is 0 Å². The third-order valence-corrected chi connectivity index (χ3v) is 3.94. The van der Waals surface area contributed by atoms with E-state index in [9.17, 15) is 4.79 Å². The molecule has 0 atom stereocenters. The van der Waals surface area contributed by atoms with Crippen molar-refractivity contribution >= 4 is 11.6 Å². The molecule has 0 saturated heterocycles. The number of rotatable bonds is 8. The molecule has 29 heavy (non-hydrogen) atoms. The highest BCUT2D eigenvalue weighted by atomic mass is 16.5. The van der Waals surface area contributed by atoms with Gasteiger partial charge in [0.2, 0.25) is 0 Å². The second-order valence-electron chi connectivity index (χ2n) is 5.98. The molecule has 0 bridgehead atoms. The van der Waals surface area contributed by atoms with Crippen molar-refractivity contribution < 1.29 is 19.0 Å². The van der Waals surface area contributed by atoms with Crippen LogP contribution in [0, 0.1) is 11.3 Å². The van der Waals surface area contributed by atoms with Crippen molar-refractivity contribution in [3.63, 3.8) is 0 Å². The fourth-order valence-electron chi connectivity index (χ4n) is 2.48. The molecule has 7 nitrogen and oxygen atoms in total. The molecule has 0 aliphatic heterocycles. The van der Waals surface area contributed by atoms with Crippen LogP contribution in [0.2, 0.25) is 0 Å². The van der Waals surface area contributed by atoms with Gasteiger partial charge in [0, 0.05) is 24.1 Å². The number of ether oxygens (including phenoxy) is 3. The molecule has 1 N–H and O–H groups in total. The zero-order valence-corrected chi connectivity index (χ0v) is 15.8. The van der Waals surface area contributed by atoms with Crippen LogP contribution in [0.5, 0.6) is 17.2 Å². The van der Waals surface area contributed by atoms with E-state index >= 15 is 0 Å². The van der Waals surface area contributed by atoms with E-state index in [1.54, 1.807) is 62.0 Å². The molecule has 0 aliphatic rings. The molecule has 1 amide bonds. The first kappa shape index (κ1) is 19.7. The average molecular weight is 389 g/mol. The van der Waals surface area contributed by atoms with Crippen LogP contribution in [0.1, 0.15) is 11.1 Å². The number of hydrogen-bond donors (Lipinski definition) is 1. The van der Waals surface area contributed by atoms with Gasteiger partial charge in [0.1, 0.15) is 12.4 Å². The summed E-state index contributed by atoms with van der Waals surface area (Å²) in [5, 5.41) is 11.6. The molecular formula is C22H19N3O4. The van der Waals surface area contributed by atoms with Gasteiger partial charge in [0.15, 0.2) is 18.1 Å². The SMILES string of the molecule is COc1ccc(NC(=O)COc2ccc(C#N)cc2)cc1OCc1ccncc1. The summed E-state index contributed by atoms with van der Waals surface area (Å²) in [6.45, 7) is 0.184. The number of anilines is 1. The Morgan fingerprint density at radius 3 is 2.48 bits per heavy atom. The number of carbonyl (C=O) groups is 1. The largest absolute Gasteiger partial charge is 0.493 e. The minimum Gasteiger partial charge on any atom is -0.493 e. The fourth-order valence-corrected chi connectivity index (χ4v) is 2.48. The number of nitrogens with zero attached hydrogens (tertiary/aromatic N) is 2. The maximum Gasteiger partial charge on any atom is 0.262 e. The van der Waals surface area contributed by atoms with Crippen LogP contribution in [0.4, 0.5) is 5.69 Å². The number of pyridine rings is 1. The lowest BCUT2D eigenvalue weighted by atomic mass is 10.2. The van der Waals surface area contributed by atoms with Gasteiger partial charge in [-0.15, -0.1) is 0 Å². The summed E-state index contributed by atoms with van der Waals surface area (Å²) in [6, 6.07) is 17.4. The molecule has 0 aliphatic carbocycles. The van der Waals surface area contributed by atoms with Crippen LogP contribution in [0.25, 0.3) is 0 Å². The molecule has 1 aromatic heterocycles. The first-order valence-electron chi connectivity index (χ1n) is 8.80. The Labute approximate surface area is 168 Å². The van der Waals surface area contributed by atoms with Crippen LogP contribution >= 0.6 is 0 Å². The molecule has 0 saturated carbocycles. The van der Waals surface area contributed by atoms with Gasteiger partial charge in [0.05, 0.1) is 18.7 Å². The maximum atomic E-state index is 12.2. The normalized spacial score (nSPS) is 9.93. The van der Waals surface area contributed by atoms with E-state index in [0.29, 0.717) is 35.1 Å². The van der Waals surface area contributed by atoms with E-state index in [1.165, 1.54) is 0 Å². The van der Waals surface area contributed by atoms with E-state index in [-0.39, 0.29) is 12.5 Å². The number of amides is 1. The van der Waals surface area contributed by atoms with Gasteiger partial charge in [-0.05, 0) is 54.1 Å². The van der Waals surface area contributed by atoms with Crippen molar-refractivity contribution in [2.45, 2.75) is 6.61 Å². The summed E-state index contributed by atoms with van der Waals surface area (Å²) in [4.78, 5) is 16.2. The van der Waals surface area contributed by atoms with E-state index in [0.717, 1.165) is 5.56 Å². The Morgan fingerprint density at radius 2 is 1.79 bits per heavy atom. The lowest BCUT2D eigenvalue weighted by Gasteiger charge is -2.13. The summed E-state index contributed by atoms with van der Waals surface area (Å²) >= 11 is 0. The van der Waals surface area contributed by atoms with Gasteiger partial charge in [-0.3, -0.25) is 9.78 Å². The summed E-state index contributed by atoms with van der Waals surface area (Å²) < 4.78 is 16.6. The molecule has 2 aromatic carbocycles. The van der Waals surface area contributed by atoms with Crippen molar-refractivity contribution in [1.29, 1.82) is 5.26 Å². The Hall–Kier alpha value is -4.05. The molecule has 3 rings (SSSR count). The highest BCUT2D eigenvalue weighted by molar-refractivity contribution is 5.92.